The summed E-state index contributed by atoms with van der Waals surface area (Å²) < 4.78 is 1.74. The third kappa shape index (κ3) is 2.41. The van der Waals surface area contributed by atoms with E-state index in [1.165, 1.54) is 25.7 Å². The maximum absolute atomic E-state index is 5.80. The summed E-state index contributed by atoms with van der Waals surface area (Å²) in [4.78, 5) is 2.32. The molecule has 1 saturated carbocycles. The van der Waals surface area contributed by atoms with E-state index < -0.39 is 0 Å². The Labute approximate surface area is 108 Å². The largest absolute Gasteiger partial charge is 0.302 e. The van der Waals surface area contributed by atoms with Crippen molar-refractivity contribution in [2.75, 3.05) is 14.1 Å². The van der Waals surface area contributed by atoms with Crippen LogP contribution in [-0.4, -0.2) is 45.6 Å². The molecular weight excluding hydrogens is 228 g/mol. The number of aromatic nitrogens is 3. The molecule has 102 valence electrons. The molecule has 1 atom stereocenters. The molecule has 1 fully saturated rings. The molecule has 18 heavy (non-hydrogen) atoms. The Hall–Kier alpha value is -0.980. The molecule has 6 nitrogen and oxygen atoms in total. The highest BCUT2D eigenvalue weighted by atomic mass is 15.4. The molecule has 1 unspecified atom stereocenters. The molecule has 2 rings (SSSR count). The molecule has 6 heteroatoms. The fourth-order valence-corrected chi connectivity index (χ4v) is 3.20. The lowest BCUT2D eigenvalue weighted by molar-refractivity contribution is 0.104. The summed E-state index contributed by atoms with van der Waals surface area (Å²) >= 11 is 0. The van der Waals surface area contributed by atoms with Gasteiger partial charge in [-0.3, -0.25) is 16.0 Å². The number of rotatable bonds is 5. The highest BCUT2D eigenvalue weighted by molar-refractivity contribution is 5.07. The number of nitrogens with one attached hydrogen (secondary N) is 1. The monoisotopic (exact) mass is 252 g/mol. The fourth-order valence-electron chi connectivity index (χ4n) is 3.20. The van der Waals surface area contributed by atoms with Gasteiger partial charge in [-0.25, -0.2) is 0 Å². The summed E-state index contributed by atoms with van der Waals surface area (Å²) in [6, 6.07) is 0.215. The van der Waals surface area contributed by atoms with Crippen LogP contribution in [0.4, 0.5) is 0 Å². The molecule has 0 bridgehead atoms. The van der Waals surface area contributed by atoms with Crippen LogP contribution in [0.2, 0.25) is 0 Å². The van der Waals surface area contributed by atoms with E-state index in [9.17, 15) is 0 Å². The summed E-state index contributed by atoms with van der Waals surface area (Å²) in [6.45, 7) is 0. The van der Waals surface area contributed by atoms with Gasteiger partial charge in [-0.2, -0.15) is 0 Å². The van der Waals surface area contributed by atoms with Crippen molar-refractivity contribution in [3.05, 3.63) is 11.9 Å². The lowest BCUT2D eigenvalue weighted by atomic mass is 9.84. The minimum absolute atomic E-state index is 0.145. The molecule has 0 aliphatic heterocycles. The minimum atomic E-state index is 0.145. The van der Waals surface area contributed by atoms with Crippen molar-refractivity contribution in [3.8, 4) is 0 Å². The standard InChI is InChI=1S/C12H24N6/c1-17(2)12(6-4-5-7-12)11(14-13)8-10-9-18(3)16-15-10/h9,11,14H,4-8,13H2,1-3H3. The molecule has 0 spiro atoms. The van der Waals surface area contributed by atoms with E-state index in [-0.39, 0.29) is 11.6 Å². The van der Waals surface area contributed by atoms with Gasteiger partial charge in [0.25, 0.3) is 0 Å². The molecule has 1 aromatic heterocycles. The first-order valence-electron chi connectivity index (χ1n) is 6.57. The average Bonchev–Trinajstić information content (AvgIpc) is 2.95. The van der Waals surface area contributed by atoms with Crippen molar-refractivity contribution in [3.63, 3.8) is 0 Å². The van der Waals surface area contributed by atoms with Gasteiger partial charge >= 0.3 is 0 Å². The fraction of sp³-hybridized carbons (Fsp3) is 0.833. The summed E-state index contributed by atoms with van der Waals surface area (Å²) in [5.74, 6) is 5.80. The van der Waals surface area contributed by atoms with E-state index in [2.05, 4.69) is 34.7 Å². The Kier molecular flexibility index (Phi) is 3.99. The molecule has 0 amide bonds. The topological polar surface area (TPSA) is 72.0 Å². The molecule has 1 aliphatic carbocycles. The van der Waals surface area contributed by atoms with Gasteiger partial charge in [-0.1, -0.05) is 18.1 Å². The number of nitrogens with two attached hydrogens (primary N) is 1. The molecule has 0 saturated heterocycles. The van der Waals surface area contributed by atoms with Crippen LogP contribution in [0.1, 0.15) is 31.4 Å². The van der Waals surface area contributed by atoms with E-state index >= 15 is 0 Å². The van der Waals surface area contributed by atoms with Gasteiger partial charge in [0.1, 0.15) is 0 Å². The quantitative estimate of drug-likeness (QED) is 0.573. The first kappa shape index (κ1) is 13.5. The van der Waals surface area contributed by atoms with E-state index in [1.54, 1.807) is 4.68 Å². The number of nitrogens with zero attached hydrogens (tertiary/aromatic N) is 4. The molecule has 1 aliphatic rings. The third-order valence-electron chi connectivity index (χ3n) is 4.27. The number of hydrazine groups is 1. The summed E-state index contributed by atoms with van der Waals surface area (Å²) in [6.07, 6.45) is 7.71. The Balaban J connectivity index is 2.16. The third-order valence-corrected chi connectivity index (χ3v) is 4.27. The first-order valence-corrected chi connectivity index (χ1v) is 6.57. The number of hydrogen-bond acceptors (Lipinski definition) is 5. The van der Waals surface area contributed by atoms with Crippen LogP contribution < -0.4 is 11.3 Å². The highest BCUT2D eigenvalue weighted by Crippen LogP contribution is 2.37. The van der Waals surface area contributed by atoms with Gasteiger partial charge < -0.3 is 4.90 Å². The van der Waals surface area contributed by atoms with Gasteiger partial charge in [-0.05, 0) is 26.9 Å². The van der Waals surface area contributed by atoms with Crippen LogP contribution in [0.25, 0.3) is 0 Å². The maximum atomic E-state index is 5.80. The Bertz CT molecular complexity index is 380. The molecule has 0 aromatic carbocycles. The van der Waals surface area contributed by atoms with Gasteiger partial charge in [0.2, 0.25) is 0 Å². The number of hydrogen-bond donors (Lipinski definition) is 2. The number of aryl methyl sites for hydroxylation is 1. The van der Waals surface area contributed by atoms with Gasteiger partial charge in [-0.15, -0.1) is 5.10 Å². The number of likely N-dealkylation sites (N-methyl/N-ethyl adjacent to an activating group) is 1. The molecular formula is C12H24N6. The van der Waals surface area contributed by atoms with Crippen molar-refractivity contribution >= 4 is 0 Å². The second-order valence-corrected chi connectivity index (χ2v) is 5.51. The zero-order chi connectivity index (χ0) is 13.2. The van der Waals surface area contributed by atoms with Crippen LogP contribution in [0.15, 0.2) is 6.20 Å². The van der Waals surface area contributed by atoms with E-state index in [4.69, 9.17) is 5.84 Å². The minimum Gasteiger partial charge on any atom is -0.302 e. The molecule has 1 aromatic rings. The Morgan fingerprint density at radius 1 is 1.50 bits per heavy atom. The van der Waals surface area contributed by atoms with Gasteiger partial charge in [0.15, 0.2) is 0 Å². The summed E-state index contributed by atoms with van der Waals surface area (Å²) in [5.41, 5.74) is 4.14. The predicted molar refractivity (Wildman–Crippen MR) is 70.7 cm³/mol. The zero-order valence-corrected chi connectivity index (χ0v) is 11.6. The van der Waals surface area contributed by atoms with Crippen molar-refractivity contribution in [1.82, 2.24) is 25.3 Å². The highest BCUT2D eigenvalue weighted by Gasteiger charge is 2.43. The normalized spacial score (nSPS) is 20.5. The van der Waals surface area contributed by atoms with Crippen LogP contribution in [-0.2, 0) is 13.5 Å². The first-order chi connectivity index (χ1) is 8.58. The molecule has 0 radical (unpaired) electrons. The van der Waals surface area contributed by atoms with E-state index in [0.29, 0.717) is 0 Å². The average molecular weight is 252 g/mol. The van der Waals surface area contributed by atoms with E-state index in [0.717, 1.165) is 12.1 Å². The Morgan fingerprint density at radius 3 is 2.61 bits per heavy atom. The second kappa shape index (κ2) is 5.34. The zero-order valence-electron chi connectivity index (χ0n) is 11.6. The van der Waals surface area contributed by atoms with Crippen molar-refractivity contribution in [1.29, 1.82) is 0 Å². The Morgan fingerprint density at radius 2 is 2.17 bits per heavy atom. The van der Waals surface area contributed by atoms with E-state index in [1.807, 2.05) is 13.2 Å². The van der Waals surface area contributed by atoms with Crippen molar-refractivity contribution in [2.24, 2.45) is 12.9 Å². The van der Waals surface area contributed by atoms with Crippen molar-refractivity contribution < 1.29 is 0 Å². The lowest BCUT2D eigenvalue weighted by Gasteiger charge is -2.42. The van der Waals surface area contributed by atoms with Crippen LogP contribution in [0, 0.1) is 0 Å². The van der Waals surface area contributed by atoms with Crippen LogP contribution in [0.5, 0.6) is 0 Å². The lowest BCUT2D eigenvalue weighted by Crippen LogP contribution is -2.60. The predicted octanol–water partition coefficient (Wildman–Crippen LogP) is 0.0639. The second-order valence-electron chi connectivity index (χ2n) is 5.51. The van der Waals surface area contributed by atoms with Gasteiger partial charge in [0.05, 0.1) is 5.69 Å². The van der Waals surface area contributed by atoms with Crippen LogP contribution in [0.3, 0.4) is 0 Å². The van der Waals surface area contributed by atoms with Crippen LogP contribution >= 0.6 is 0 Å². The molecule has 3 N–H and O–H groups in total. The maximum Gasteiger partial charge on any atom is 0.0843 e. The molecule has 1 heterocycles. The smallest absolute Gasteiger partial charge is 0.0843 e. The summed E-state index contributed by atoms with van der Waals surface area (Å²) in [5, 5.41) is 8.15. The van der Waals surface area contributed by atoms with Gasteiger partial charge in [0, 0.05) is 31.2 Å². The SMILES string of the molecule is CN(C)C1(C(Cc2cn(C)nn2)NN)CCCC1. The summed E-state index contributed by atoms with van der Waals surface area (Å²) in [7, 11) is 6.18. The van der Waals surface area contributed by atoms with Crippen molar-refractivity contribution in [2.45, 2.75) is 43.7 Å².